The number of ether oxygens (including phenoxy) is 5. The highest BCUT2D eigenvalue weighted by Crippen LogP contribution is 2.46. The van der Waals surface area contributed by atoms with Gasteiger partial charge >= 0.3 is 5.97 Å². The first kappa shape index (κ1) is 42.7. The van der Waals surface area contributed by atoms with Crippen molar-refractivity contribution in [1.82, 2.24) is 0 Å². The van der Waals surface area contributed by atoms with Crippen molar-refractivity contribution < 1.29 is 58.8 Å². The standard InChI is InChI=1S/C42H64O12/c1-9-29(45)32-14-15-33(52-32)42(7)18-24(5)30(54-42)12-10-21(2)39-22(3)11-13-31(53-39)27(19-43)17-26-16-23(4)36(46)28(20-44)34(26)40(50-8)38(48)35-37(47)25(6)51-41(35)49/h10,17,22-24,26,28-34,36,39-40,43-47H,6,9,11-16,18-20H2,1-5,7-8H3/b21-10+,27-17+/t22-,23+,24+,26+,28-,29+,30-,31+,32-,33+,34+,36+,39+,40-,42-/m0/s1. The third-order valence-corrected chi connectivity index (χ3v) is 13.1. The second-order valence-electron chi connectivity index (χ2n) is 16.9. The first-order valence-corrected chi connectivity index (χ1v) is 19.9. The van der Waals surface area contributed by atoms with Crippen LogP contribution in [0.5, 0.6) is 0 Å². The van der Waals surface area contributed by atoms with Crippen LogP contribution >= 0.6 is 0 Å². The fourth-order valence-corrected chi connectivity index (χ4v) is 9.95. The Morgan fingerprint density at radius 1 is 1.09 bits per heavy atom. The summed E-state index contributed by atoms with van der Waals surface area (Å²) in [6.45, 7) is 15.2. The summed E-state index contributed by atoms with van der Waals surface area (Å²) >= 11 is 0. The molecule has 304 valence electrons. The van der Waals surface area contributed by atoms with E-state index >= 15 is 0 Å². The van der Waals surface area contributed by atoms with Crippen LogP contribution in [-0.2, 0) is 33.3 Å². The molecule has 0 aromatic rings. The van der Waals surface area contributed by atoms with Crippen LogP contribution in [0.4, 0.5) is 0 Å². The van der Waals surface area contributed by atoms with Crippen LogP contribution in [0.1, 0.15) is 92.9 Å². The third kappa shape index (κ3) is 8.61. The normalized spacial score (nSPS) is 40.6. The Balaban J connectivity index is 1.32. The van der Waals surface area contributed by atoms with Gasteiger partial charge in [0.05, 0.1) is 54.9 Å². The molecule has 12 heteroatoms. The van der Waals surface area contributed by atoms with Crippen molar-refractivity contribution >= 4 is 11.8 Å². The Hall–Kier alpha value is -2.42. The van der Waals surface area contributed by atoms with Crippen LogP contribution < -0.4 is 0 Å². The molecular weight excluding hydrogens is 696 g/mol. The minimum absolute atomic E-state index is 0.0182. The van der Waals surface area contributed by atoms with Gasteiger partial charge in [0.15, 0.2) is 17.1 Å². The number of ketones is 1. The average molecular weight is 761 g/mol. The summed E-state index contributed by atoms with van der Waals surface area (Å²) in [5.74, 6) is -4.63. The summed E-state index contributed by atoms with van der Waals surface area (Å²) < 4.78 is 30.4. The first-order valence-electron chi connectivity index (χ1n) is 19.9. The molecule has 4 heterocycles. The Bertz CT molecular complexity index is 1470. The molecule has 5 rings (SSSR count). The lowest BCUT2D eigenvalue weighted by atomic mass is 9.63. The minimum atomic E-state index is -1.32. The van der Waals surface area contributed by atoms with Gasteiger partial charge in [-0.15, -0.1) is 0 Å². The largest absolute Gasteiger partial charge is 0.504 e. The van der Waals surface area contributed by atoms with E-state index in [4.69, 9.17) is 23.7 Å². The van der Waals surface area contributed by atoms with Crippen LogP contribution in [0, 0.1) is 35.5 Å². The van der Waals surface area contributed by atoms with Crippen LogP contribution in [0.15, 0.2) is 47.0 Å². The number of esters is 1. The first-order chi connectivity index (χ1) is 25.6. The lowest BCUT2D eigenvalue weighted by Crippen LogP contribution is -2.52. The number of carbonyl (C=O) groups is 2. The topological polar surface area (TPSA) is 181 Å². The summed E-state index contributed by atoms with van der Waals surface area (Å²) in [5.41, 5.74) is 0.741. The minimum Gasteiger partial charge on any atom is -0.504 e. The second-order valence-corrected chi connectivity index (χ2v) is 16.9. The van der Waals surface area contributed by atoms with Crippen LogP contribution in [0.25, 0.3) is 0 Å². The number of aliphatic hydroxyl groups excluding tert-OH is 5. The van der Waals surface area contributed by atoms with Gasteiger partial charge in [0.25, 0.3) is 0 Å². The molecule has 54 heavy (non-hydrogen) atoms. The molecule has 0 bridgehead atoms. The van der Waals surface area contributed by atoms with E-state index in [9.17, 15) is 35.1 Å². The van der Waals surface area contributed by atoms with Gasteiger partial charge < -0.3 is 49.2 Å². The predicted octanol–water partition coefficient (Wildman–Crippen LogP) is 4.64. The second kappa shape index (κ2) is 17.8. The van der Waals surface area contributed by atoms with Crippen molar-refractivity contribution in [3.63, 3.8) is 0 Å². The van der Waals surface area contributed by atoms with Crippen molar-refractivity contribution in [2.45, 2.75) is 147 Å². The zero-order chi connectivity index (χ0) is 39.6. The summed E-state index contributed by atoms with van der Waals surface area (Å²) in [5, 5.41) is 53.3. The molecule has 1 aliphatic carbocycles. The van der Waals surface area contributed by atoms with Crippen LogP contribution in [0.3, 0.4) is 0 Å². The number of Topliss-reactive ketones (excluding diaryl/α,β-unsaturated/α-hetero) is 1. The lowest BCUT2D eigenvalue weighted by molar-refractivity contribution is -0.144. The number of hydrogen-bond acceptors (Lipinski definition) is 12. The molecule has 0 unspecified atom stereocenters. The van der Waals surface area contributed by atoms with Crippen molar-refractivity contribution in [1.29, 1.82) is 0 Å². The number of carbonyl (C=O) groups excluding carboxylic acids is 2. The van der Waals surface area contributed by atoms with Gasteiger partial charge in [-0.05, 0) is 100 Å². The quantitative estimate of drug-likeness (QED) is 0.0942. The predicted molar refractivity (Wildman–Crippen MR) is 200 cm³/mol. The van der Waals surface area contributed by atoms with Gasteiger partial charge in [0.1, 0.15) is 6.10 Å². The van der Waals surface area contributed by atoms with E-state index < -0.39 is 77.5 Å². The van der Waals surface area contributed by atoms with Crippen molar-refractivity contribution in [2.24, 2.45) is 35.5 Å². The van der Waals surface area contributed by atoms with E-state index in [1.807, 2.05) is 19.9 Å². The highest BCUT2D eigenvalue weighted by Gasteiger charge is 2.51. The molecule has 3 saturated heterocycles. The maximum atomic E-state index is 13.8. The lowest BCUT2D eigenvalue weighted by Gasteiger charge is -2.46. The SMILES string of the molecule is C=C1OC(=O)C(C(=O)[C@@H](OC)[C@H]2[C@H](CO)[C@H](O)[C@H](C)C[C@@H]2/C=C(\CO)[C@H]2CC[C@H](C)[C@@H](/C(C)=C/C[C@@H]3O[C@](C)([C@H]4CC[C@@H]([C@H](O)CC)O4)C[C@H]3C)O2)=C1O. The summed E-state index contributed by atoms with van der Waals surface area (Å²) in [7, 11) is 1.31. The molecule has 0 amide bonds. The molecule has 4 aliphatic heterocycles. The summed E-state index contributed by atoms with van der Waals surface area (Å²) in [6.07, 6.45) is 6.52. The number of allylic oxidation sites excluding steroid dienone is 1. The molecular formula is C42H64O12. The van der Waals surface area contributed by atoms with Gasteiger partial charge in [0, 0.05) is 25.6 Å². The molecule has 5 aliphatic rings. The van der Waals surface area contributed by atoms with Gasteiger partial charge in [0.2, 0.25) is 5.78 Å². The molecule has 5 N–H and O–H groups in total. The van der Waals surface area contributed by atoms with Gasteiger partial charge in [-0.3, -0.25) is 4.79 Å². The molecule has 0 spiro atoms. The Morgan fingerprint density at radius 3 is 2.43 bits per heavy atom. The smallest absolute Gasteiger partial charge is 0.351 e. The van der Waals surface area contributed by atoms with E-state index in [2.05, 4.69) is 40.3 Å². The number of methoxy groups -OCH3 is 1. The van der Waals surface area contributed by atoms with Crippen molar-refractivity contribution in [3.05, 3.63) is 47.0 Å². The molecule has 12 nitrogen and oxygen atoms in total. The Labute approximate surface area is 320 Å². The molecule has 0 radical (unpaired) electrons. The van der Waals surface area contributed by atoms with E-state index in [-0.39, 0.29) is 48.6 Å². The molecule has 0 aromatic heterocycles. The summed E-state index contributed by atoms with van der Waals surface area (Å²) in [6, 6.07) is 0. The van der Waals surface area contributed by atoms with Gasteiger partial charge in [-0.25, -0.2) is 4.79 Å². The van der Waals surface area contributed by atoms with Crippen LogP contribution in [0.2, 0.25) is 0 Å². The van der Waals surface area contributed by atoms with Gasteiger partial charge in [-0.2, -0.15) is 0 Å². The van der Waals surface area contributed by atoms with Gasteiger partial charge in [-0.1, -0.05) is 46.4 Å². The van der Waals surface area contributed by atoms with E-state index in [0.717, 1.165) is 37.7 Å². The number of rotatable bonds is 14. The number of aliphatic hydroxyl groups is 5. The molecule has 1 saturated carbocycles. The zero-order valence-corrected chi connectivity index (χ0v) is 33.1. The Kier molecular flexibility index (Phi) is 14.1. The van der Waals surface area contributed by atoms with E-state index in [1.54, 1.807) is 0 Å². The molecule has 0 aromatic carbocycles. The molecule has 15 atom stereocenters. The number of hydrogen-bond donors (Lipinski definition) is 5. The fourth-order valence-electron chi connectivity index (χ4n) is 9.95. The maximum Gasteiger partial charge on any atom is 0.351 e. The van der Waals surface area contributed by atoms with E-state index in [1.165, 1.54) is 7.11 Å². The fraction of sp³-hybridized carbons (Fsp3) is 0.762. The zero-order valence-electron chi connectivity index (χ0n) is 33.1. The van der Waals surface area contributed by atoms with E-state index in [0.29, 0.717) is 30.8 Å². The molecule has 4 fully saturated rings. The number of cyclic esters (lactones) is 1. The van der Waals surface area contributed by atoms with Crippen molar-refractivity contribution in [3.8, 4) is 0 Å². The highest BCUT2D eigenvalue weighted by molar-refractivity contribution is 6.21. The highest BCUT2D eigenvalue weighted by atomic mass is 16.6. The average Bonchev–Trinajstić information content (AvgIpc) is 3.83. The monoisotopic (exact) mass is 760 g/mol. The van der Waals surface area contributed by atoms with Crippen LogP contribution in [-0.4, -0.2) is 112 Å². The summed E-state index contributed by atoms with van der Waals surface area (Å²) in [4.78, 5) is 26.3. The Morgan fingerprint density at radius 2 is 1.81 bits per heavy atom. The third-order valence-electron chi connectivity index (χ3n) is 13.1. The van der Waals surface area contributed by atoms with Crippen molar-refractivity contribution in [2.75, 3.05) is 20.3 Å². The maximum absolute atomic E-state index is 13.8.